The summed E-state index contributed by atoms with van der Waals surface area (Å²) in [6.07, 6.45) is -1.74. The Morgan fingerprint density at radius 1 is 1.22 bits per heavy atom. The number of allylic oxidation sites excluding steroid dienone is 4. The molecule has 1 amide bonds. The lowest BCUT2D eigenvalue weighted by Gasteiger charge is -2.31. The summed E-state index contributed by atoms with van der Waals surface area (Å²) in [5.41, 5.74) is 5.58. The van der Waals surface area contributed by atoms with Crippen molar-refractivity contribution in [2.24, 2.45) is 5.73 Å². The largest absolute Gasteiger partial charge is 0.464 e. The van der Waals surface area contributed by atoms with Crippen LogP contribution in [0, 0.1) is 11.3 Å². The van der Waals surface area contributed by atoms with Gasteiger partial charge in [0, 0.05) is 17.0 Å². The fourth-order valence-electron chi connectivity index (χ4n) is 3.60. The number of alkyl halides is 3. The number of hydrogen-bond donors (Lipinski definition) is 2. The Hall–Kier alpha value is -3.70. The van der Waals surface area contributed by atoms with Gasteiger partial charge in [0.2, 0.25) is 0 Å². The van der Waals surface area contributed by atoms with Crippen molar-refractivity contribution in [2.75, 3.05) is 0 Å². The van der Waals surface area contributed by atoms with E-state index in [1.165, 1.54) is 13.8 Å². The number of benzene rings is 2. The molecule has 5 nitrogen and oxygen atoms in total. The number of halogens is 4. The first-order chi connectivity index (χ1) is 17.3. The average molecular weight is 532 g/mol. The van der Waals surface area contributed by atoms with E-state index in [1.54, 1.807) is 30.3 Å². The van der Waals surface area contributed by atoms with Gasteiger partial charge in [-0.2, -0.15) is 18.4 Å². The van der Waals surface area contributed by atoms with E-state index < -0.39 is 29.3 Å². The molecule has 0 aliphatic heterocycles. The number of nitrogens with one attached hydrogen (secondary N) is 1. The normalized spacial score (nSPS) is 14.3. The maximum absolute atomic E-state index is 13.1. The van der Waals surface area contributed by atoms with E-state index in [0.717, 1.165) is 23.3 Å². The molecule has 9 heteroatoms. The lowest BCUT2D eigenvalue weighted by Crippen LogP contribution is -2.49. The van der Waals surface area contributed by atoms with Crippen molar-refractivity contribution in [3.63, 3.8) is 0 Å². The zero-order valence-corrected chi connectivity index (χ0v) is 21.5. The van der Waals surface area contributed by atoms with Crippen LogP contribution in [-0.4, -0.2) is 23.7 Å². The standard InChI is InChI=1S/C28H29ClF3N3O2/c1-5-22(28(30,31)32)11-14-25(34)37-27(3,4)26(36)35-18(2)24(16-19-9-12-23(29)13-10-19)21-8-6-7-20(15-21)17-33/h5-15,18,24H,1,16,34H2,2-4H3,(H,35,36)/b22-11+,25-14+. The molecule has 0 spiro atoms. The Labute approximate surface area is 220 Å². The fourth-order valence-corrected chi connectivity index (χ4v) is 3.73. The molecule has 0 bridgehead atoms. The number of nitrogens with two attached hydrogens (primary N) is 1. The lowest BCUT2D eigenvalue weighted by atomic mass is 9.85. The highest BCUT2D eigenvalue weighted by Gasteiger charge is 2.34. The Balaban J connectivity index is 2.25. The Kier molecular flexibility index (Phi) is 9.98. The highest BCUT2D eigenvalue weighted by atomic mass is 35.5. The van der Waals surface area contributed by atoms with Gasteiger partial charge < -0.3 is 15.8 Å². The fraction of sp³-hybridized carbons (Fsp3) is 0.286. The molecule has 37 heavy (non-hydrogen) atoms. The maximum Gasteiger partial charge on any atom is 0.416 e. The van der Waals surface area contributed by atoms with E-state index in [2.05, 4.69) is 18.0 Å². The molecule has 0 fully saturated rings. The summed E-state index contributed by atoms with van der Waals surface area (Å²) in [4.78, 5) is 13.1. The summed E-state index contributed by atoms with van der Waals surface area (Å²) in [6, 6.07) is 16.2. The van der Waals surface area contributed by atoms with E-state index in [-0.39, 0.29) is 11.8 Å². The molecule has 0 aliphatic rings. The second-order valence-electron chi connectivity index (χ2n) is 8.94. The highest BCUT2D eigenvalue weighted by molar-refractivity contribution is 6.30. The van der Waals surface area contributed by atoms with Crippen LogP contribution in [0.25, 0.3) is 0 Å². The molecule has 2 atom stereocenters. The summed E-state index contributed by atoms with van der Waals surface area (Å²) < 4.78 is 44.1. The summed E-state index contributed by atoms with van der Waals surface area (Å²) >= 11 is 6.01. The van der Waals surface area contributed by atoms with Crippen LogP contribution in [0.4, 0.5) is 13.2 Å². The van der Waals surface area contributed by atoms with Crippen LogP contribution in [0.5, 0.6) is 0 Å². The predicted octanol–water partition coefficient (Wildman–Crippen LogP) is 6.31. The van der Waals surface area contributed by atoms with Crippen LogP contribution in [-0.2, 0) is 16.0 Å². The first kappa shape index (κ1) is 29.5. The number of hydrogen-bond acceptors (Lipinski definition) is 4. The van der Waals surface area contributed by atoms with Gasteiger partial charge in [0.25, 0.3) is 5.91 Å². The number of rotatable bonds is 10. The summed E-state index contributed by atoms with van der Waals surface area (Å²) in [6.45, 7) is 7.89. The highest BCUT2D eigenvalue weighted by Crippen LogP contribution is 2.28. The Bertz CT molecular complexity index is 1210. The van der Waals surface area contributed by atoms with Gasteiger partial charge >= 0.3 is 6.18 Å². The minimum atomic E-state index is -4.59. The molecule has 2 aromatic rings. The van der Waals surface area contributed by atoms with Crippen molar-refractivity contribution >= 4 is 17.5 Å². The molecule has 2 rings (SSSR count). The lowest BCUT2D eigenvalue weighted by molar-refractivity contribution is -0.139. The number of nitriles is 1. The van der Waals surface area contributed by atoms with Crippen LogP contribution < -0.4 is 11.1 Å². The molecule has 0 heterocycles. The molecule has 0 saturated heterocycles. The van der Waals surface area contributed by atoms with Crippen LogP contribution in [0.2, 0.25) is 5.02 Å². The molecule has 2 aromatic carbocycles. The number of carbonyl (C=O) groups excluding carboxylic acids is 1. The van der Waals surface area contributed by atoms with Gasteiger partial charge in [-0.25, -0.2) is 0 Å². The van der Waals surface area contributed by atoms with Gasteiger partial charge in [-0.15, -0.1) is 0 Å². The van der Waals surface area contributed by atoms with Crippen molar-refractivity contribution in [1.29, 1.82) is 5.26 Å². The van der Waals surface area contributed by atoms with Crippen LogP contribution in [0.15, 0.2) is 84.8 Å². The van der Waals surface area contributed by atoms with Gasteiger partial charge in [-0.1, -0.05) is 48.5 Å². The summed E-state index contributed by atoms with van der Waals surface area (Å²) in [5, 5.41) is 12.9. The molecule has 0 aliphatic carbocycles. The Morgan fingerprint density at radius 2 is 1.86 bits per heavy atom. The van der Waals surface area contributed by atoms with Crippen LogP contribution in [0.1, 0.15) is 43.4 Å². The second-order valence-corrected chi connectivity index (χ2v) is 9.38. The molecule has 196 valence electrons. The minimum absolute atomic E-state index is 0.216. The number of amides is 1. The van der Waals surface area contributed by atoms with Gasteiger partial charge in [0.15, 0.2) is 11.5 Å². The van der Waals surface area contributed by atoms with Crippen LogP contribution >= 0.6 is 11.6 Å². The monoisotopic (exact) mass is 531 g/mol. The van der Waals surface area contributed by atoms with E-state index in [4.69, 9.17) is 22.1 Å². The molecule has 0 saturated carbocycles. The maximum atomic E-state index is 13.1. The first-order valence-corrected chi connectivity index (χ1v) is 11.8. The van der Waals surface area contributed by atoms with Crippen molar-refractivity contribution in [1.82, 2.24) is 5.32 Å². The van der Waals surface area contributed by atoms with E-state index in [0.29, 0.717) is 23.1 Å². The number of nitrogens with zero attached hydrogens (tertiary/aromatic N) is 1. The molecule has 2 unspecified atom stereocenters. The van der Waals surface area contributed by atoms with Gasteiger partial charge in [-0.3, -0.25) is 4.79 Å². The second kappa shape index (κ2) is 12.5. The smallest absolute Gasteiger partial charge is 0.416 e. The third-order valence-electron chi connectivity index (χ3n) is 5.67. The number of ether oxygens (including phenoxy) is 1. The first-order valence-electron chi connectivity index (χ1n) is 11.4. The van der Waals surface area contributed by atoms with Gasteiger partial charge in [0.1, 0.15) is 0 Å². The van der Waals surface area contributed by atoms with Crippen LogP contribution in [0.3, 0.4) is 0 Å². The summed E-state index contributed by atoms with van der Waals surface area (Å²) in [7, 11) is 0. The zero-order chi connectivity index (χ0) is 27.8. The minimum Gasteiger partial charge on any atom is -0.464 e. The van der Waals surface area contributed by atoms with Crippen molar-refractivity contribution in [3.05, 3.63) is 107 Å². The molecular formula is C28H29ClF3N3O2. The van der Waals surface area contributed by atoms with Crippen molar-refractivity contribution in [3.8, 4) is 6.07 Å². The van der Waals surface area contributed by atoms with E-state index >= 15 is 0 Å². The SMILES string of the molecule is C=C/C(=C\C=C(/N)OC(C)(C)C(=O)NC(C)C(Cc1ccc(Cl)cc1)c1cccc(C#N)c1)C(F)(F)F. The van der Waals surface area contributed by atoms with E-state index in [1.807, 2.05) is 25.1 Å². The van der Waals surface area contributed by atoms with Gasteiger partial charge in [0.05, 0.1) is 17.2 Å². The average Bonchev–Trinajstić information content (AvgIpc) is 2.82. The molecule has 0 aromatic heterocycles. The molecule has 0 radical (unpaired) electrons. The zero-order valence-electron chi connectivity index (χ0n) is 20.8. The quantitative estimate of drug-likeness (QED) is 0.278. The third-order valence-corrected chi connectivity index (χ3v) is 5.92. The van der Waals surface area contributed by atoms with Crippen molar-refractivity contribution in [2.45, 2.75) is 50.9 Å². The molecule has 3 N–H and O–H groups in total. The topological polar surface area (TPSA) is 88.1 Å². The Morgan fingerprint density at radius 3 is 2.43 bits per heavy atom. The molecular weight excluding hydrogens is 503 g/mol. The van der Waals surface area contributed by atoms with Crippen molar-refractivity contribution < 1.29 is 22.7 Å². The number of carbonyl (C=O) groups is 1. The predicted molar refractivity (Wildman–Crippen MR) is 138 cm³/mol. The van der Waals surface area contributed by atoms with Gasteiger partial charge in [-0.05, 0) is 74.7 Å². The van der Waals surface area contributed by atoms with E-state index in [9.17, 15) is 23.2 Å². The summed E-state index contributed by atoms with van der Waals surface area (Å²) in [5.74, 6) is -1.10. The third kappa shape index (κ3) is 8.72.